The Balaban J connectivity index is 0. The van der Waals surface area contributed by atoms with Crippen LogP contribution in [-0.2, 0) is 31.9 Å². The maximum Gasteiger partial charge on any atom is 3.00 e. The van der Waals surface area contributed by atoms with Gasteiger partial charge in [0.05, 0.1) is 12.6 Å². The van der Waals surface area contributed by atoms with Crippen molar-refractivity contribution in [2.45, 2.75) is 71.1 Å². The Kier molecular flexibility index (Phi) is 19.3. The van der Waals surface area contributed by atoms with Crippen LogP contribution in [0.1, 0.15) is 81.5 Å². The van der Waals surface area contributed by atoms with E-state index in [0.717, 1.165) is 12.8 Å². The normalized spacial score (nSPS) is 10.4. The number of carbonyl (C=O) groups excluding carboxylic acids is 1. The van der Waals surface area contributed by atoms with E-state index in [-0.39, 0.29) is 29.5 Å². The number of hydrogen-bond acceptors (Lipinski definition) is 6. The molecule has 8 heteroatoms. The number of carboxylic acid groups (broad SMARTS) is 1. The van der Waals surface area contributed by atoms with Crippen molar-refractivity contribution in [2.75, 3.05) is 6.61 Å². The van der Waals surface area contributed by atoms with Crippen LogP contribution in [0.25, 0.3) is 0 Å². The largest absolute Gasteiger partial charge is 3.00 e. The molecule has 0 atom stereocenters. The molecule has 0 fully saturated rings. The third-order valence-corrected chi connectivity index (χ3v) is 4.19. The number of carbonyl (C=O) groups is 1. The predicted octanol–water partition coefficient (Wildman–Crippen LogP) is 3.43. The van der Waals surface area contributed by atoms with Gasteiger partial charge >= 0.3 is 17.4 Å². The molecule has 0 aliphatic heterocycles. The fourth-order valence-electron chi connectivity index (χ4n) is 2.32. The molecule has 153 valence electrons. The van der Waals surface area contributed by atoms with Crippen molar-refractivity contribution < 1.29 is 44.4 Å². The van der Waals surface area contributed by atoms with E-state index in [1.165, 1.54) is 57.1 Å². The molecule has 1 aromatic rings. The molecular weight excluding hydrogens is 408 g/mol. The molecule has 1 rings (SSSR count). The van der Waals surface area contributed by atoms with Crippen LogP contribution in [0.4, 0.5) is 0 Å². The molecule has 0 amide bonds. The summed E-state index contributed by atoms with van der Waals surface area (Å²) >= 11 is 0. The maximum atomic E-state index is 10.1. The Morgan fingerprint density at radius 3 is 1.70 bits per heavy atom. The van der Waals surface area contributed by atoms with E-state index in [4.69, 9.17) is 0 Å². The van der Waals surface area contributed by atoms with Crippen molar-refractivity contribution >= 4 is 16.4 Å². The molecule has 1 radical (unpaired) electrons. The van der Waals surface area contributed by atoms with Gasteiger partial charge in [-0.3, -0.25) is 4.18 Å². The summed E-state index contributed by atoms with van der Waals surface area (Å²) in [5, 5.41) is 10.1. The van der Waals surface area contributed by atoms with Gasteiger partial charge in [-0.1, -0.05) is 95.0 Å². The molecular formula is C19H30CrO6S+. The summed E-state index contributed by atoms with van der Waals surface area (Å²) in [6.07, 6.45) is 11.7. The Labute approximate surface area is 174 Å². The topological polar surface area (TPSA) is 107 Å². The van der Waals surface area contributed by atoms with Crippen molar-refractivity contribution in [2.24, 2.45) is 0 Å². The SMILES string of the molecule is CCCCCCCCCCCCOS(=O)(=O)[O-].O=C([O-])c1ccccc1.[Cr+3]. The third kappa shape index (κ3) is 21.3. The van der Waals surface area contributed by atoms with Gasteiger partial charge in [0.2, 0.25) is 10.4 Å². The molecule has 0 aromatic heterocycles. The minimum absolute atomic E-state index is 0. The quantitative estimate of drug-likeness (QED) is 0.265. The molecule has 0 heterocycles. The molecule has 0 saturated carbocycles. The van der Waals surface area contributed by atoms with Gasteiger partial charge in [-0.2, -0.15) is 0 Å². The first-order valence-electron chi connectivity index (χ1n) is 9.23. The predicted molar refractivity (Wildman–Crippen MR) is 98.3 cm³/mol. The van der Waals surface area contributed by atoms with E-state index >= 15 is 0 Å². The Bertz CT molecular complexity index is 563. The molecule has 0 aliphatic carbocycles. The van der Waals surface area contributed by atoms with Crippen LogP contribution in [0.2, 0.25) is 0 Å². The van der Waals surface area contributed by atoms with Gasteiger partial charge in [0.1, 0.15) is 0 Å². The summed E-state index contributed by atoms with van der Waals surface area (Å²) in [6, 6.07) is 8.06. The zero-order valence-corrected chi connectivity index (χ0v) is 18.0. The second-order valence-corrected chi connectivity index (χ2v) is 7.12. The minimum Gasteiger partial charge on any atom is -0.726 e. The first kappa shape index (κ1) is 28.3. The minimum atomic E-state index is -4.48. The Morgan fingerprint density at radius 2 is 1.33 bits per heavy atom. The summed E-state index contributed by atoms with van der Waals surface area (Å²) in [5.41, 5.74) is 0.220. The molecule has 0 unspecified atom stereocenters. The van der Waals surface area contributed by atoms with Crippen molar-refractivity contribution in [1.29, 1.82) is 0 Å². The van der Waals surface area contributed by atoms with Gasteiger partial charge in [-0.15, -0.1) is 0 Å². The fourth-order valence-corrected chi connectivity index (χ4v) is 2.65. The van der Waals surface area contributed by atoms with Crippen LogP contribution in [0.5, 0.6) is 0 Å². The van der Waals surface area contributed by atoms with Crippen LogP contribution in [0, 0.1) is 0 Å². The van der Waals surface area contributed by atoms with E-state index in [1.54, 1.807) is 18.2 Å². The molecule has 0 spiro atoms. The van der Waals surface area contributed by atoms with Crippen LogP contribution < -0.4 is 5.11 Å². The van der Waals surface area contributed by atoms with Crippen molar-refractivity contribution in [3.63, 3.8) is 0 Å². The van der Waals surface area contributed by atoms with E-state index < -0.39 is 16.4 Å². The van der Waals surface area contributed by atoms with Crippen LogP contribution in [-0.4, -0.2) is 25.5 Å². The molecule has 1 aromatic carbocycles. The van der Waals surface area contributed by atoms with Crippen LogP contribution in [0.3, 0.4) is 0 Å². The van der Waals surface area contributed by atoms with Gasteiger partial charge in [0.25, 0.3) is 0 Å². The first-order valence-corrected chi connectivity index (χ1v) is 10.6. The molecule has 0 bridgehead atoms. The first-order chi connectivity index (χ1) is 12.4. The van der Waals surface area contributed by atoms with E-state index in [1.807, 2.05) is 0 Å². The van der Waals surface area contributed by atoms with Gasteiger partial charge in [0.15, 0.2) is 0 Å². The summed E-state index contributed by atoms with van der Waals surface area (Å²) in [4.78, 5) is 10.1. The second-order valence-electron chi connectivity index (χ2n) is 6.07. The van der Waals surface area contributed by atoms with Crippen LogP contribution >= 0.6 is 0 Å². The molecule has 6 nitrogen and oxygen atoms in total. The Morgan fingerprint density at radius 1 is 0.889 bits per heavy atom. The fraction of sp³-hybridized carbons (Fsp3) is 0.632. The third-order valence-electron chi connectivity index (χ3n) is 3.74. The van der Waals surface area contributed by atoms with Crippen LogP contribution in [0.15, 0.2) is 30.3 Å². The summed E-state index contributed by atoms with van der Waals surface area (Å²) in [6.45, 7) is 2.24. The van der Waals surface area contributed by atoms with E-state index in [0.29, 0.717) is 6.42 Å². The molecule has 0 N–H and O–H groups in total. The zero-order chi connectivity index (χ0) is 19.7. The van der Waals surface area contributed by atoms with Gasteiger partial charge < -0.3 is 14.5 Å². The van der Waals surface area contributed by atoms with Crippen molar-refractivity contribution in [3.05, 3.63) is 35.9 Å². The maximum absolute atomic E-state index is 10.1. The number of unbranched alkanes of at least 4 members (excludes halogenated alkanes) is 9. The number of hydrogen-bond donors (Lipinski definition) is 0. The van der Waals surface area contributed by atoms with E-state index in [2.05, 4.69) is 11.1 Å². The molecule has 0 saturated heterocycles. The number of carboxylic acids is 1. The van der Waals surface area contributed by atoms with Gasteiger partial charge in [-0.05, 0) is 12.0 Å². The number of aromatic carboxylic acids is 1. The second kappa shape index (κ2) is 18.5. The van der Waals surface area contributed by atoms with E-state index in [9.17, 15) is 22.9 Å². The summed E-state index contributed by atoms with van der Waals surface area (Å²) in [7, 11) is -4.48. The number of benzene rings is 1. The molecule has 0 aliphatic rings. The van der Waals surface area contributed by atoms with Crippen molar-refractivity contribution in [3.8, 4) is 0 Å². The molecule has 27 heavy (non-hydrogen) atoms. The summed E-state index contributed by atoms with van der Waals surface area (Å²) in [5.74, 6) is -1.13. The monoisotopic (exact) mass is 438 g/mol. The zero-order valence-electron chi connectivity index (χ0n) is 15.9. The number of rotatable bonds is 13. The smallest absolute Gasteiger partial charge is 0.726 e. The average Bonchev–Trinajstić information content (AvgIpc) is 2.60. The summed E-state index contributed by atoms with van der Waals surface area (Å²) < 4.78 is 34.5. The van der Waals surface area contributed by atoms with Gasteiger partial charge in [0, 0.05) is 0 Å². The Hall–Kier alpha value is -0.908. The van der Waals surface area contributed by atoms with Crippen molar-refractivity contribution in [1.82, 2.24) is 0 Å². The standard InChI is InChI=1S/C12H26O4S.C7H6O2.Cr/c1-2-3-4-5-6-7-8-9-10-11-12-16-17(13,14)15;8-7(9)6-4-2-1-3-5-6;/h2-12H2,1H3,(H,13,14,15);1-5H,(H,8,9);/q;;+3/p-2. The average molecular weight is 439 g/mol. The van der Waals surface area contributed by atoms with Gasteiger partial charge in [-0.25, -0.2) is 8.42 Å².